The number of halogens is 2. The van der Waals surface area contributed by atoms with Crippen LogP contribution in [-0.2, 0) is 14.3 Å². The minimum atomic E-state index is -1.23. The van der Waals surface area contributed by atoms with E-state index in [0.717, 1.165) is 18.2 Å². The number of non-ortho nitro benzene ring substituents is 1. The summed E-state index contributed by atoms with van der Waals surface area (Å²) in [7, 11) is 0. The summed E-state index contributed by atoms with van der Waals surface area (Å²) < 4.78 is 31.2. The van der Waals surface area contributed by atoms with E-state index in [-0.39, 0.29) is 11.4 Å². The van der Waals surface area contributed by atoms with Gasteiger partial charge >= 0.3 is 5.97 Å². The molecule has 2 aromatic carbocycles. The molecule has 0 saturated heterocycles. The number of nitrogens with one attached hydrogen (secondary N) is 1. The molecule has 0 aliphatic carbocycles. The summed E-state index contributed by atoms with van der Waals surface area (Å²) in [6.45, 7) is 1.29. The third-order valence-electron chi connectivity index (χ3n) is 3.37. The molecule has 0 radical (unpaired) electrons. The Morgan fingerprint density at radius 3 is 2.44 bits per heavy atom. The van der Waals surface area contributed by atoms with Crippen LogP contribution in [0.25, 0.3) is 6.08 Å². The molecule has 1 N–H and O–H groups in total. The Morgan fingerprint density at radius 1 is 1.19 bits per heavy atom. The third-order valence-corrected chi connectivity index (χ3v) is 3.37. The fraction of sp³-hybridized carbons (Fsp3) is 0.111. The van der Waals surface area contributed by atoms with E-state index in [0.29, 0.717) is 11.6 Å². The van der Waals surface area contributed by atoms with E-state index in [1.807, 2.05) is 0 Å². The lowest BCUT2D eigenvalue weighted by atomic mass is 10.2. The van der Waals surface area contributed by atoms with Crippen molar-refractivity contribution >= 4 is 29.3 Å². The number of hydrogen-bond donors (Lipinski definition) is 1. The topological polar surface area (TPSA) is 98.5 Å². The number of carbonyl (C=O) groups excluding carboxylic acids is 2. The first-order valence-electron chi connectivity index (χ1n) is 7.65. The first-order valence-corrected chi connectivity index (χ1v) is 7.65. The van der Waals surface area contributed by atoms with Crippen LogP contribution < -0.4 is 5.32 Å². The van der Waals surface area contributed by atoms with Gasteiger partial charge < -0.3 is 10.1 Å². The van der Waals surface area contributed by atoms with Crippen LogP contribution in [0.15, 0.2) is 48.5 Å². The van der Waals surface area contributed by atoms with Crippen molar-refractivity contribution in [2.75, 3.05) is 5.32 Å². The van der Waals surface area contributed by atoms with Gasteiger partial charge in [0.05, 0.1) is 10.6 Å². The molecule has 0 aliphatic rings. The minimum absolute atomic E-state index is 0.0898. The Labute approximate surface area is 152 Å². The molecule has 140 valence electrons. The number of esters is 1. The average Bonchev–Trinajstić information content (AvgIpc) is 2.62. The summed E-state index contributed by atoms with van der Waals surface area (Å²) in [5.74, 6) is -3.38. The number of nitro groups is 1. The molecule has 0 bridgehead atoms. The summed E-state index contributed by atoms with van der Waals surface area (Å²) in [6, 6.07) is 8.06. The fourth-order valence-corrected chi connectivity index (χ4v) is 1.96. The van der Waals surface area contributed by atoms with Crippen molar-refractivity contribution in [1.29, 1.82) is 0 Å². The molecular formula is C18H14F2N2O5. The standard InChI is InChI=1S/C18H14F2N2O5/c1-11(18(24)21-16-8-5-13(19)10-15(16)20)27-17(23)9-4-12-2-6-14(7-3-12)22(25)26/h2-11H,1H3,(H,21,24)/b9-4+. The van der Waals surface area contributed by atoms with Crippen LogP contribution in [0.4, 0.5) is 20.2 Å². The zero-order valence-corrected chi connectivity index (χ0v) is 14.0. The number of rotatable bonds is 6. The summed E-state index contributed by atoms with van der Waals surface area (Å²) in [6.07, 6.45) is 1.17. The Balaban J connectivity index is 1.92. The predicted molar refractivity (Wildman–Crippen MR) is 92.7 cm³/mol. The second-order valence-electron chi connectivity index (χ2n) is 5.37. The van der Waals surface area contributed by atoms with Crippen molar-refractivity contribution in [2.45, 2.75) is 13.0 Å². The van der Waals surface area contributed by atoms with E-state index in [4.69, 9.17) is 4.74 Å². The second kappa shape index (κ2) is 8.65. The Kier molecular flexibility index (Phi) is 6.32. The van der Waals surface area contributed by atoms with E-state index in [9.17, 15) is 28.5 Å². The van der Waals surface area contributed by atoms with Crippen LogP contribution in [0.3, 0.4) is 0 Å². The van der Waals surface area contributed by atoms with Gasteiger partial charge in [-0.1, -0.05) is 0 Å². The highest BCUT2D eigenvalue weighted by atomic mass is 19.1. The molecule has 1 atom stereocenters. The highest BCUT2D eigenvalue weighted by Gasteiger charge is 2.18. The molecule has 0 aliphatic heterocycles. The number of amides is 1. The average molecular weight is 376 g/mol. The molecule has 2 aromatic rings. The first-order chi connectivity index (χ1) is 12.8. The molecule has 0 aromatic heterocycles. The lowest BCUT2D eigenvalue weighted by Gasteiger charge is -2.12. The van der Waals surface area contributed by atoms with Crippen molar-refractivity contribution in [3.8, 4) is 0 Å². The number of anilines is 1. The maximum absolute atomic E-state index is 13.5. The molecule has 7 nitrogen and oxygen atoms in total. The summed E-state index contributed by atoms with van der Waals surface area (Å²) in [4.78, 5) is 33.7. The van der Waals surface area contributed by atoms with Crippen molar-refractivity contribution in [1.82, 2.24) is 0 Å². The summed E-state index contributed by atoms with van der Waals surface area (Å²) >= 11 is 0. The van der Waals surface area contributed by atoms with Gasteiger partial charge in [0.15, 0.2) is 6.10 Å². The number of hydrogen-bond acceptors (Lipinski definition) is 5. The molecule has 27 heavy (non-hydrogen) atoms. The van der Waals surface area contributed by atoms with Gasteiger partial charge in [0.1, 0.15) is 11.6 Å². The van der Waals surface area contributed by atoms with Gasteiger partial charge in [-0.3, -0.25) is 14.9 Å². The van der Waals surface area contributed by atoms with Gasteiger partial charge in [0.25, 0.3) is 11.6 Å². The minimum Gasteiger partial charge on any atom is -0.449 e. The van der Waals surface area contributed by atoms with E-state index < -0.39 is 34.5 Å². The quantitative estimate of drug-likeness (QED) is 0.360. The molecule has 1 amide bonds. The predicted octanol–water partition coefficient (Wildman–Crippen LogP) is 3.46. The van der Waals surface area contributed by atoms with E-state index >= 15 is 0 Å². The molecule has 1 unspecified atom stereocenters. The number of nitrogens with zero attached hydrogens (tertiary/aromatic N) is 1. The molecule has 9 heteroatoms. The Hall–Kier alpha value is -3.62. The Bertz CT molecular complexity index is 897. The van der Waals surface area contributed by atoms with Crippen molar-refractivity contribution in [2.24, 2.45) is 0 Å². The summed E-state index contributed by atoms with van der Waals surface area (Å²) in [5.41, 5.74) is 0.182. The second-order valence-corrected chi connectivity index (χ2v) is 5.37. The number of benzene rings is 2. The van der Waals surface area contributed by atoms with Crippen LogP contribution in [0.5, 0.6) is 0 Å². The maximum atomic E-state index is 13.5. The zero-order valence-electron chi connectivity index (χ0n) is 14.0. The van der Waals surface area contributed by atoms with Crippen LogP contribution in [-0.4, -0.2) is 22.9 Å². The summed E-state index contributed by atoms with van der Waals surface area (Å²) in [5, 5.41) is 12.8. The van der Waals surface area contributed by atoms with Crippen molar-refractivity contribution in [3.05, 3.63) is 75.9 Å². The van der Waals surface area contributed by atoms with Crippen LogP contribution in [0, 0.1) is 21.7 Å². The van der Waals surface area contributed by atoms with Gasteiger partial charge in [-0.05, 0) is 42.8 Å². The van der Waals surface area contributed by atoms with Gasteiger partial charge in [-0.15, -0.1) is 0 Å². The monoisotopic (exact) mass is 376 g/mol. The Morgan fingerprint density at radius 2 is 1.85 bits per heavy atom. The van der Waals surface area contributed by atoms with Gasteiger partial charge in [0, 0.05) is 24.3 Å². The van der Waals surface area contributed by atoms with Gasteiger partial charge in [-0.2, -0.15) is 0 Å². The lowest BCUT2D eigenvalue weighted by Crippen LogP contribution is -2.29. The molecular weight excluding hydrogens is 362 g/mol. The van der Waals surface area contributed by atoms with Crippen molar-refractivity contribution in [3.63, 3.8) is 0 Å². The zero-order chi connectivity index (χ0) is 20.0. The van der Waals surface area contributed by atoms with E-state index in [1.165, 1.54) is 37.3 Å². The molecule has 2 rings (SSSR count). The number of carbonyl (C=O) groups is 2. The number of ether oxygens (including phenoxy) is 1. The highest BCUT2D eigenvalue weighted by Crippen LogP contribution is 2.16. The van der Waals surface area contributed by atoms with Gasteiger partial charge in [0.2, 0.25) is 0 Å². The van der Waals surface area contributed by atoms with Crippen LogP contribution >= 0.6 is 0 Å². The SMILES string of the molecule is CC(OC(=O)/C=C/c1ccc([N+](=O)[O-])cc1)C(=O)Nc1ccc(F)cc1F. The largest absolute Gasteiger partial charge is 0.449 e. The van der Waals surface area contributed by atoms with Crippen LogP contribution in [0.1, 0.15) is 12.5 Å². The molecule has 0 saturated carbocycles. The van der Waals surface area contributed by atoms with E-state index in [1.54, 1.807) is 0 Å². The molecule has 0 fully saturated rings. The maximum Gasteiger partial charge on any atom is 0.331 e. The molecule has 0 heterocycles. The normalized spacial score (nSPS) is 11.8. The highest BCUT2D eigenvalue weighted by molar-refractivity contribution is 5.96. The third kappa shape index (κ3) is 5.70. The smallest absolute Gasteiger partial charge is 0.331 e. The molecule has 0 spiro atoms. The van der Waals surface area contributed by atoms with Gasteiger partial charge in [-0.25, -0.2) is 13.6 Å². The fourth-order valence-electron chi connectivity index (χ4n) is 1.96. The lowest BCUT2D eigenvalue weighted by molar-refractivity contribution is -0.384. The number of nitro benzene ring substituents is 1. The van der Waals surface area contributed by atoms with Crippen LogP contribution in [0.2, 0.25) is 0 Å². The first kappa shape index (κ1) is 19.7. The van der Waals surface area contributed by atoms with Crippen molar-refractivity contribution < 1.29 is 28.0 Å². The van der Waals surface area contributed by atoms with E-state index in [2.05, 4.69) is 5.32 Å².